The summed E-state index contributed by atoms with van der Waals surface area (Å²) in [4.78, 5) is 12.1. The van der Waals surface area contributed by atoms with E-state index in [1.165, 1.54) is 6.92 Å². The Balaban J connectivity index is 2.19. The van der Waals surface area contributed by atoms with Crippen LogP contribution in [0.1, 0.15) is 6.92 Å². The number of para-hydroxylation sites is 1. The number of halogens is 1. The summed E-state index contributed by atoms with van der Waals surface area (Å²) >= 11 is 5.96. The lowest BCUT2D eigenvalue weighted by Gasteiger charge is -2.05. The molecule has 0 heterocycles. The van der Waals surface area contributed by atoms with E-state index in [2.05, 4.69) is 15.5 Å². The standard InChI is InChI=1S/C16H14ClN3O2/c1-11(21)15(16(22)18-12-7-3-2-4-8-12)20-19-14-10-6-5-9-13(14)17/h2-10,21H,1H3,(H,18,22). The Kier molecular flexibility index (Phi) is 5.27. The maximum Gasteiger partial charge on any atom is 0.279 e. The first kappa shape index (κ1) is 15.7. The highest BCUT2D eigenvalue weighted by Crippen LogP contribution is 2.25. The Labute approximate surface area is 133 Å². The second kappa shape index (κ2) is 7.38. The van der Waals surface area contributed by atoms with E-state index in [-0.39, 0.29) is 11.5 Å². The molecule has 112 valence electrons. The molecule has 0 saturated carbocycles. The molecular weight excluding hydrogens is 302 g/mol. The number of allylic oxidation sites excluding steroid dienone is 1. The van der Waals surface area contributed by atoms with Gasteiger partial charge in [-0.3, -0.25) is 4.79 Å². The molecule has 0 radical (unpaired) electrons. The van der Waals surface area contributed by atoms with E-state index in [4.69, 9.17) is 11.6 Å². The maximum absolute atomic E-state index is 12.1. The smallest absolute Gasteiger partial charge is 0.279 e. The van der Waals surface area contributed by atoms with Crippen LogP contribution in [0.4, 0.5) is 11.4 Å². The normalized spacial score (nSPS) is 12.1. The molecule has 0 aliphatic carbocycles. The van der Waals surface area contributed by atoms with Crippen LogP contribution >= 0.6 is 11.6 Å². The number of benzene rings is 2. The summed E-state index contributed by atoms with van der Waals surface area (Å²) in [5.41, 5.74) is 0.832. The fourth-order valence-electron chi connectivity index (χ4n) is 1.63. The van der Waals surface area contributed by atoms with Gasteiger partial charge < -0.3 is 10.4 Å². The minimum atomic E-state index is -0.554. The number of hydrogen-bond acceptors (Lipinski definition) is 4. The van der Waals surface area contributed by atoms with Gasteiger partial charge in [0.25, 0.3) is 5.91 Å². The van der Waals surface area contributed by atoms with Crippen LogP contribution in [0.5, 0.6) is 0 Å². The summed E-state index contributed by atoms with van der Waals surface area (Å²) in [5, 5.41) is 20.4. The van der Waals surface area contributed by atoms with Crippen LogP contribution in [0.15, 0.2) is 76.3 Å². The molecule has 2 N–H and O–H groups in total. The predicted octanol–water partition coefficient (Wildman–Crippen LogP) is 4.85. The molecule has 0 unspecified atom stereocenters. The van der Waals surface area contributed by atoms with E-state index < -0.39 is 5.91 Å². The number of azo groups is 1. The van der Waals surface area contributed by atoms with Crippen LogP contribution in [-0.4, -0.2) is 11.0 Å². The second-order valence-electron chi connectivity index (χ2n) is 4.41. The molecule has 0 fully saturated rings. The van der Waals surface area contributed by atoms with E-state index >= 15 is 0 Å². The first-order valence-electron chi connectivity index (χ1n) is 6.50. The molecule has 22 heavy (non-hydrogen) atoms. The molecule has 0 atom stereocenters. The van der Waals surface area contributed by atoms with Gasteiger partial charge in [0, 0.05) is 5.69 Å². The highest BCUT2D eigenvalue weighted by atomic mass is 35.5. The van der Waals surface area contributed by atoms with Crippen molar-refractivity contribution < 1.29 is 9.90 Å². The van der Waals surface area contributed by atoms with Crippen LogP contribution in [0.25, 0.3) is 0 Å². The van der Waals surface area contributed by atoms with Crippen LogP contribution in [-0.2, 0) is 4.79 Å². The van der Waals surface area contributed by atoms with Crippen LogP contribution in [0.2, 0.25) is 5.02 Å². The first-order valence-corrected chi connectivity index (χ1v) is 6.88. The Morgan fingerprint density at radius 1 is 1.09 bits per heavy atom. The lowest BCUT2D eigenvalue weighted by molar-refractivity contribution is -0.113. The van der Waals surface area contributed by atoms with Crippen molar-refractivity contribution in [2.75, 3.05) is 5.32 Å². The van der Waals surface area contributed by atoms with Gasteiger partial charge in [-0.1, -0.05) is 41.9 Å². The van der Waals surface area contributed by atoms with Crippen molar-refractivity contribution in [1.82, 2.24) is 0 Å². The summed E-state index contributed by atoms with van der Waals surface area (Å²) in [6.45, 7) is 1.37. The van der Waals surface area contributed by atoms with E-state index in [1.54, 1.807) is 48.5 Å². The molecular formula is C16H14ClN3O2. The molecule has 6 heteroatoms. The Bertz CT molecular complexity index is 723. The Hall–Kier alpha value is -2.66. The minimum Gasteiger partial charge on any atom is -0.510 e. The van der Waals surface area contributed by atoms with Gasteiger partial charge in [0.2, 0.25) is 0 Å². The van der Waals surface area contributed by atoms with Gasteiger partial charge in [-0.2, -0.15) is 0 Å². The zero-order valence-corrected chi connectivity index (χ0v) is 12.6. The molecule has 2 aromatic rings. The van der Waals surface area contributed by atoms with E-state index in [1.807, 2.05) is 6.07 Å². The molecule has 0 aromatic heterocycles. The summed E-state index contributed by atoms with van der Waals surface area (Å²) in [6.07, 6.45) is 0. The van der Waals surface area contributed by atoms with Crippen molar-refractivity contribution in [2.45, 2.75) is 6.92 Å². The number of nitrogens with zero attached hydrogens (tertiary/aromatic N) is 2. The van der Waals surface area contributed by atoms with Gasteiger partial charge in [0.15, 0.2) is 5.70 Å². The van der Waals surface area contributed by atoms with E-state index in [9.17, 15) is 9.90 Å². The quantitative estimate of drug-likeness (QED) is 0.480. The van der Waals surface area contributed by atoms with Crippen LogP contribution < -0.4 is 5.32 Å². The molecule has 2 aromatic carbocycles. The lowest BCUT2D eigenvalue weighted by atomic mass is 10.3. The second-order valence-corrected chi connectivity index (χ2v) is 4.81. The predicted molar refractivity (Wildman–Crippen MR) is 86.4 cm³/mol. The zero-order chi connectivity index (χ0) is 15.9. The fraction of sp³-hybridized carbons (Fsp3) is 0.0625. The van der Waals surface area contributed by atoms with E-state index in [0.29, 0.717) is 16.4 Å². The Morgan fingerprint density at radius 2 is 1.73 bits per heavy atom. The van der Waals surface area contributed by atoms with Crippen LogP contribution in [0.3, 0.4) is 0 Å². The van der Waals surface area contributed by atoms with Crippen molar-refractivity contribution in [3.05, 3.63) is 71.1 Å². The van der Waals surface area contributed by atoms with Gasteiger partial charge in [-0.15, -0.1) is 10.2 Å². The molecule has 1 amide bonds. The number of nitrogens with one attached hydrogen (secondary N) is 1. The fourth-order valence-corrected chi connectivity index (χ4v) is 1.80. The van der Waals surface area contributed by atoms with Gasteiger partial charge >= 0.3 is 0 Å². The zero-order valence-electron chi connectivity index (χ0n) is 11.8. The first-order chi connectivity index (χ1) is 10.6. The van der Waals surface area contributed by atoms with Crippen molar-refractivity contribution in [1.29, 1.82) is 0 Å². The van der Waals surface area contributed by atoms with Gasteiger partial charge in [0.05, 0.1) is 5.02 Å². The average molecular weight is 316 g/mol. The Morgan fingerprint density at radius 3 is 2.36 bits per heavy atom. The molecule has 0 aliphatic heterocycles. The maximum atomic E-state index is 12.1. The van der Waals surface area contributed by atoms with Gasteiger partial charge in [0.1, 0.15) is 11.4 Å². The van der Waals surface area contributed by atoms with Crippen molar-refractivity contribution >= 4 is 28.9 Å². The highest BCUT2D eigenvalue weighted by molar-refractivity contribution is 6.32. The third-order valence-corrected chi connectivity index (χ3v) is 3.02. The van der Waals surface area contributed by atoms with Gasteiger partial charge in [-0.25, -0.2) is 0 Å². The topological polar surface area (TPSA) is 74.0 Å². The molecule has 0 aliphatic rings. The lowest BCUT2D eigenvalue weighted by Crippen LogP contribution is -2.14. The van der Waals surface area contributed by atoms with Gasteiger partial charge in [-0.05, 0) is 31.2 Å². The molecule has 2 rings (SSSR count). The number of carbonyl (C=O) groups excluding carboxylic acids is 1. The number of hydrogen-bond donors (Lipinski definition) is 2. The third kappa shape index (κ3) is 4.17. The molecule has 0 spiro atoms. The third-order valence-electron chi connectivity index (χ3n) is 2.70. The summed E-state index contributed by atoms with van der Waals surface area (Å²) in [7, 11) is 0. The highest BCUT2D eigenvalue weighted by Gasteiger charge is 2.13. The van der Waals surface area contributed by atoms with E-state index in [0.717, 1.165) is 0 Å². The number of amides is 1. The largest absolute Gasteiger partial charge is 0.510 e. The monoisotopic (exact) mass is 315 g/mol. The number of anilines is 1. The molecule has 5 nitrogen and oxygen atoms in total. The summed E-state index contributed by atoms with van der Waals surface area (Å²) in [6, 6.07) is 15.7. The number of rotatable bonds is 4. The van der Waals surface area contributed by atoms with Crippen molar-refractivity contribution in [3.8, 4) is 0 Å². The number of carbonyl (C=O) groups is 1. The minimum absolute atomic E-state index is 0.177. The summed E-state index contributed by atoms with van der Waals surface area (Å²) < 4.78 is 0. The number of aliphatic hydroxyl groups is 1. The average Bonchev–Trinajstić information content (AvgIpc) is 2.50. The number of aliphatic hydroxyl groups excluding tert-OH is 1. The summed E-state index contributed by atoms with van der Waals surface area (Å²) in [5.74, 6) is -0.786. The van der Waals surface area contributed by atoms with Crippen molar-refractivity contribution in [2.24, 2.45) is 10.2 Å². The molecule has 0 saturated heterocycles. The molecule has 0 bridgehead atoms. The van der Waals surface area contributed by atoms with Crippen LogP contribution in [0, 0.1) is 0 Å². The van der Waals surface area contributed by atoms with Crippen molar-refractivity contribution in [3.63, 3.8) is 0 Å². The SMILES string of the molecule is CC(O)=C(N=Nc1ccccc1Cl)C(=O)Nc1ccccc1.